The van der Waals surface area contributed by atoms with Gasteiger partial charge >= 0.3 is 0 Å². The highest BCUT2D eigenvalue weighted by atomic mass is 32.1. The molecule has 0 aromatic heterocycles. The maximum Gasteiger partial charge on any atom is 0.261 e. The fourth-order valence-corrected chi connectivity index (χ4v) is 2.24. The third kappa shape index (κ3) is 4.21. The summed E-state index contributed by atoms with van der Waals surface area (Å²) >= 11 is 4.87. The van der Waals surface area contributed by atoms with Crippen LogP contribution in [0.1, 0.15) is 24.8 Å². The first-order valence-electron chi connectivity index (χ1n) is 6.47. The normalized spacial score (nSPS) is 19.4. The molecule has 1 fully saturated rings. The number of carbonyl (C=O) groups excluding carboxylic acids is 1. The number of hydrogen-bond acceptors (Lipinski definition) is 3. The van der Waals surface area contributed by atoms with Gasteiger partial charge in [-0.05, 0) is 37.0 Å². The van der Waals surface area contributed by atoms with Gasteiger partial charge in [-0.3, -0.25) is 4.79 Å². The summed E-state index contributed by atoms with van der Waals surface area (Å²) in [6.45, 7) is 0.742. The minimum absolute atomic E-state index is 0.0234. The van der Waals surface area contributed by atoms with E-state index in [1.807, 2.05) is 24.3 Å². The van der Waals surface area contributed by atoms with Crippen molar-refractivity contribution in [2.75, 3.05) is 6.54 Å². The van der Waals surface area contributed by atoms with Gasteiger partial charge in [-0.25, -0.2) is 0 Å². The van der Waals surface area contributed by atoms with Crippen LogP contribution in [-0.2, 0) is 11.2 Å². The van der Waals surface area contributed by atoms with Gasteiger partial charge in [-0.1, -0.05) is 24.4 Å². The van der Waals surface area contributed by atoms with Gasteiger partial charge in [-0.2, -0.15) is 0 Å². The molecule has 102 valence electrons. The SMILES string of the molecule is NC(=S)Cc1ccc(OC2CCCCNC2=O)cc1. The van der Waals surface area contributed by atoms with Gasteiger partial charge in [0, 0.05) is 13.0 Å². The average Bonchev–Trinajstić information content (AvgIpc) is 2.57. The predicted octanol–water partition coefficient (Wildman–Crippen LogP) is 1.56. The fourth-order valence-electron chi connectivity index (χ4n) is 2.08. The number of thiocarbonyl (C=S) groups is 1. The quantitative estimate of drug-likeness (QED) is 0.820. The molecule has 1 aromatic rings. The van der Waals surface area contributed by atoms with Crippen LogP contribution in [0.5, 0.6) is 5.75 Å². The monoisotopic (exact) mass is 278 g/mol. The number of hydrogen-bond donors (Lipinski definition) is 2. The summed E-state index contributed by atoms with van der Waals surface area (Å²) < 4.78 is 5.73. The summed E-state index contributed by atoms with van der Waals surface area (Å²) in [5.74, 6) is 0.679. The maximum atomic E-state index is 11.8. The highest BCUT2D eigenvalue weighted by Gasteiger charge is 2.22. The molecule has 0 aliphatic carbocycles. The smallest absolute Gasteiger partial charge is 0.261 e. The van der Waals surface area contributed by atoms with Crippen molar-refractivity contribution in [3.8, 4) is 5.75 Å². The second-order valence-electron chi connectivity index (χ2n) is 4.68. The highest BCUT2D eigenvalue weighted by Crippen LogP contribution is 2.17. The number of nitrogens with one attached hydrogen (secondary N) is 1. The lowest BCUT2D eigenvalue weighted by atomic mass is 10.1. The molecular formula is C14H18N2O2S. The molecule has 1 aliphatic heterocycles. The third-order valence-electron chi connectivity index (χ3n) is 3.06. The molecule has 1 unspecified atom stereocenters. The molecule has 1 heterocycles. The van der Waals surface area contributed by atoms with Gasteiger partial charge in [0.2, 0.25) is 0 Å². The van der Waals surface area contributed by atoms with E-state index in [-0.39, 0.29) is 12.0 Å². The average molecular weight is 278 g/mol. The van der Waals surface area contributed by atoms with E-state index in [0.717, 1.165) is 31.4 Å². The zero-order chi connectivity index (χ0) is 13.7. The zero-order valence-corrected chi connectivity index (χ0v) is 11.5. The van der Waals surface area contributed by atoms with E-state index in [4.69, 9.17) is 22.7 Å². The van der Waals surface area contributed by atoms with Crippen molar-refractivity contribution in [1.82, 2.24) is 5.32 Å². The molecule has 3 N–H and O–H groups in total. The number of benzene rings is 1. The molecule has 5 heteroatoms. The lowest BCUT2D eigenvalue weighted by Crippen LogP contribution is -2.36. The predicted molar refractivity (Wildman–Crippen MR) is 78.2 cm³/mol. The summed E-state index contributed by atoms with van der Waals surface area (Å²) in [5.41, 5.74) is 6.54. The van der Waals surface area contributed by atoms with Crippen molar-refractivity contribution in [1.29, 1.82) is 0 Å². The molecule has 1 atom stereocenters. The van der Waals surface area contributed by atoms with Crippen LogP contribution in [0.4, 0.5) is 0 Å². The van der Waals surface area contributed by atoms with Gasteiger partial charge < -0.3 is 15.8 Å². The number of ether oxygens (including phenoxy) is 1. The van der Waals surface area contributed by atoms with Crippen molar-refractivity contribution >= 4 is 23.1 Å². The van der Waals surface area contributed by atoms with Crippen LogP contribution in [-0.4, -0.2) is 23.5 Å². The second kappa shape index (κ2) is 6.52. The Morgan fingerprint density at radius 3 is 2.79 bits per heavy atom. The zero-order valence-electron chi connectivity index (χ0n) is 10.7. The number of rotatable bonds is 4. The Hall–Kier alpha value is -1.62. The molecule has 1 saturated heterocycles. The van der Waals surface area contributed by atoms with Gasteiger partial charge in [0.05, 0.1) is 4.99 Å². The van der Waals surface area contributed by atoms with E-state index in [2.05, 4.69) is 5.32 Å². The molecule has 0 radical (unpaired) electrons. The fraction of sp³-hybridized carbons (Fsp3) is 0.429. The van der Waals surface area contributed by atoms with Crippen molar-refractivity contribution in [3.63, 3.8) is 0 Å². The van der Waals surface area contributed by atoms with Gasteiger partial charge in [0.25, 0.3) is 5.91 Å². The summed E-state index contributed by atoms with van der Waals surface area (Å²) in [4.78, 5) is 12.2. The number of amides is 1. The minimum atomic E-state index is -0.385. The largest absolute Gasteiger partial charge is 0.481 e. The molecule has 0 saturated carbocycles. The molecule has 4 nitrogen and oxygen atoms in total. The Morgan fingerprint density at radius 1 is 1.37 bits per heavy atom. The van der Waals surface area contributed by atoms with Crippen molar-refractivity contribution in [2.45, 2.75) is 31.8 Å². The van der Waals surface area contributed by atoms with E-state index in [1.165, 1.54) is 0 Å². The number of nitrogens with two attached hydrogens (primary N) is 1. The highest BCUT2D eigenvalue weighted by molar-refractivity contribution is 7.80. The first-order chi connectivity index (χ1) is 9.15. The Labute approximate surface area is 118 Å². The van der Waals surface area contributed by atoms with Gasteiger partial charge in [0.15, 0.2) is 6.10 Å². The Kier molecular flexibility index (Phi) is 4.74. The van der Waals surface area contributed by atoms with Crippen LogP contribution in [0.15, 0.2) is 24.3 Å². The van der Waals surface area contributed by atoms with Crippen LogP contribution < -0.4 is 15.8 Å². The summed E-state index contributed by atoms with van der Waals surface area (Å²) in [5, 5.41) is 2.85. The second-order valence-corrected chi connectivity index (χ2v) is 5.20. The standard InChI is InChI=1S/C14H18N2O2S/c15-13(19)9-10-4-6-11(7-5-10)18-12-3-1-2-8-16-14(12)17/h4-7,12H,1-3,8-9H2,(H2,15,19)(H,16,17). The summed E-state index contributed by atoms with van der Waals surface area (Å²) in [6, 6.07) is 7.55. The van der Waals surface area contributed by atoms with E-state index in [1.54, 1.807) is 0 Å². The van der Waals surface area contributed by atoms with Crippen molar-refractivity contribution in [2.24, 2.45) is 5.73 Å². The molecule has 1 amide bonds. The molecule has 1 aromatic carbocycles. The van der Waals surface area contributed by atoms with Crippen LogP contribution in [0.2, 0.25) is 0 Å². The molecular weight excluding hydrogens is 260 g/mol. The summed E-state index contributed by atoms with van der Waals surface area (Å²) in [6.07, 6.45) is 2.98. The van der Waals surface area contributed by atoms with Crippen LogP contribution in [0, 0.1) is 0 Å². The Balaban J connectivity index is 1.98. The van der Waals surface area contributed by atoms with E-state index < -0.39 is 0 Å². The van der Waals surface area contributed by atoms with E-state index in [0.29, 0.717) is 17.2 Å². The minimum Gasteiger partial charge on any atom is -0.481 e. The lowest BCUT2D eigenvalue weighted by Gasteiger charge is -2.16. The van der Waals surface area contributed by atoms with Crippen LogP contribution in [0.25, 0.3) is 0 Å². The Bertz CT molecular complexity index is 459. The topological polar surface area (TPSA) is 64.3 Å². The third-order valence-corrected chi connectivity index (χ3v) is 3.21. The van der Waals surface area contributed by atoms with Crippen molar-refractivity contribution in [3.05, 3.63) is 29.8 Å². The first-order valence-corrected chi connectivity index (χ1v) is 6.87. The molecule has 1 aliphatic rings. The lowest BCUT2D eigenvalue weighted by molar-refractivity contribution is -0.127. The van der Waals surface area contributed by atoms with Gasteiger partial charge in [-0.15, -0.1) is 0 Å². The Morgan fingerprint density at radius 2 is 2.11 bits per heavy atom. The maximum absolute atomic E-state index is 11.8. The molecule has 19 heavy (non-hydrogen) atoms. The first kappa shape index (κ1) is 13.8. The van der Waals surface area contributed by atoms with E-state index in [9.17, 15) is 4.79 Å². The molecule has 0 spiro atoms. The van der Waals surface area contributed by atoms with Crippen LogP contribution in [0.3, 0.4) is 0 Å². The number of carbonyl (C=O) groups is 1. The summed E-state index contributed by atoms with van der Waals surface area (Å²) in [7, 11) is 0. The molecule has 2 rings (SSSR count). The van der Waals surface area contributed by atoms with Crippen molar-refractivity contribution < 1.29 is 9.53 Å². The van der Waals surface area contributed by atoms with Gasteiger partial charge in [0.1, 0.15) is 5.75 Å². The molecule has 0 bridgehead atoms. The van der Waals surface area contributed by atoms with E-state index >= 15 is 0 Å². The van der Waals surface area contributed by atoms with Crippen LogP contribution >= 0.6 is 12.2 Å².